The molecule has 1 aliphatic heterocycles. The average molecular weight is 337 g/mol. The number of thiocarbonyl (C=S) groups is 1. The number of ether oxygens (including phenoxy) is 2. The Hall–Kier alpha value is -1.50. The fourth-order valence-electron chi connectivity index (χ4n) is 2.46. The summed E-state index contributed by atoms with van der Waals surface area (Å²) in [5, 5.41) is 10.2. The van der Waals surface area contributed by atoms with Crippen LogP contribution < -0.4 is 0 Å². The maximum atomic E-state index is 12.4. The molecule has 0 aliphatic carbocycles. The summed E-state index contributed by atoms with van der Waals surface area (Å²) in [4.78, 5) is 13.8. The lowest BCUT2D eigenvalue weighted by Crippen LogP contribution is -2.43. The molecule has 2 rings (SSSR count). The van der Waals surface area contributed by atoms with Gasteiger partial charge in [0.1, 0.15) is 6.61 Å². The Morgan fingerprint density at radius 2 is 2.13 bits per heavy atom. The molecule has 0 radical (unpaired) electrons. The third-order valence-corrected chi connectivity index (χ3v) is 4.09. The predicted octanol–water partition coefficient (Wildman–Crippen LogP) is 2.12. The molecule has 1 saturated heterocycles. The van der Waals surface area contributed by atoms with Crippen molar-refractivity contribution in [1.29, 1.82) is 0 Å². The number of benzene rings is 1. The lowest BCUT2D eigenvalue weighted by molar-refractivity contribution is -0.131. The van der Waals surface area contributed by atoms with Crippen LogP contribution >= 0.6 is 12.2 Å². The molecule has 6 heteroatoms. The lowest BCUT2D eigenvalue weighted by atomic mass is 10.0. The average Bonchev–Trinajstić information content (AvgIpc) is 2.90. The molecular weight excluding hydrogens is 314 g/mol. The largest absolute Gasteiger partial charge is 0.468 e. The minimum Gasteiger partial charge on any atom is -0.468 e. The molecule has 0 unspecified atom stereocenters. The number of hydrogen-bond acceptors (Lipinski definition) is 5. The summed E-state index contributed by atoms with van der Waals surface area (Å²) in [5.41, 5.74) is 1.03. The van der Waals surface area contributed by atoms with E-state index in [1.807, 2.05) is 44.2 Å². The number of carbonyl (C=O) groups excluding carboxylic acids is 1. The first kappa shape index (κ1) is 17.8. The molecular formula is C17H23NO4S. The molecule has 0 bridgehead atoms. The van der Waals surface area contributed by atoms with Gasteiger partial charge in [0.15, 0.2) is 0 Å². The molecule has 1 aliphatic rings. The highest BCUT2D eigenvalue weighted by molar-refractivity contribution is 7.80. The summed E-state index contributed by atoms with van der Waals surface area (Å²) in [6.07, 6.45) is -0.885. The molecule has 0 saturated carbocycles. The van der Waals surface area contributed by atoms with Crippen LogP contribution in [0.1, 0.15) is 25.8 Å². The van der Waals surface area contributed by atoms with Crippen LogP contribution in [0.3, 0.4) is 0 Å². The van der Waals surface area contributed by atoms with Crippen LogP contribution in [0.25, 0.3) is 0 Å². The molecule has 5 nitrogen and oxygen atoms in total. The van der Waals surface area contributed by atoms with E-state index in [2.05, 4.69) is 0 Å². The second-order valence-electron chi connectivity index (χ2n) is 6.01. The van der Waals surface area contributed by atoms with Crippen LogP contribution in [0, 0.1) is 5.92 Å². The molecule has 1 amide bonds. The topological polar surface area (TPSA) is 59.0 Å². The van der Waals surface area contributed by atoms with Gasteiger partial charge < -0.3 is 14.6 Å². The maximum Gasteiger partial charge on any atom is 0.266 e. The van der Waals surface area contributed by atoms with Gasteiger partial charge in [-0.1, -0.05) is 44.2 Å². The highest BCUT2D eigenvalue weighted by Crippen LogP contribution is 2.21. The van der Waals surface area contributed by atoms with Gasteiger partial charge in [-0.3, -0.25) is 9.69 Å². The van der Waals surface area contributed by atoms with Crippen molar-refractivity contribution in [2.24, 2.45) is 5.92 Å². The van der Waals surface area contributed by atoms with Gasteiger partial charge in [0.2, 0.25) is 5.91 Å². The molecule has 23 heavy (non-hydrogen) atoms. The van der Waals surface area contributed by atoms with Gasteiger partial charge in [-0.05, 0) is 23.7 Å². The number of aliphatic hydroxyl groups is 1. The first-order valence-electron chi connectivity index (χ1n) is 7.77. The van der Waals surface area contributed by atoms with Crippen molar-refractivity contribution in [2.45, 2.75) is 39.0 Å². The summed E-state index contributed by atoms with van der Waals surface area (Å²) in [5.74, 6) is 0.0212. The van der Waals surface area contributed by atoms with E-state index in [4.69, 9.17) is 21.7 Å². The van der Waals surface area contributed by atoms with Gasteiger partial charge in [-0.25, -0.2) is 0 Å². The van der Waals surface area contributed by atoms with E-state index < -0.39 is 6.10 Å². The first-order valence-corrected chi connectivity index (χ1v) is 8.18. The zero-order chi connectivity index (χ0) is 16.8. The van der Waals surface area contributed by atoms with E-state index in [1.54, 1.807) is 0 Å². The minimum absolute atomic E-state index is 0.0263. The number of carbonyl (C=O) groups is 1. The van der Waals surface area contributed by atoms with Crippen LogP contribution in [0.4, 0.5) is 0 Å². The maximum absolute atomic E-state index is 12.4. The Bertz CT molecular complexity index is 535. The van der Waals surface area contributed by atoms with E-state index in [0.29, 0.717) is 13.2 Å². The standard InChI is InChI=1S/C17H23NO4S/c1-12(2)15-11-22-17(23)18(15)16(20)8-14(19)10-21-9-13-6-4-3-5-7-13/h3-7,12,14-15,19H,8-11H2,1-2H3/t14-,15-/m1/s1. The molecule has 2 atom stereocenters. The fraction of sp³-hybridized carbons (Fsp3) is 0.529. The summed E-state index contributed by atoms with van der Waals surface area (Å²) in [6.45, 7) is 4.96. The highest BCUT2D eigenvalue weighted by atomic mass is 32.1. The smallest absolute Gasteiger partial charge is 0.266 e. The zero-order valence-electron chi connectivity index (χ0n) is 13.5. The number of hydrogen-bond donors (Lipinski definition) is 1. The molecule has 1 aromatic carbocycles. The molecule has 1 heterocycles. The third kappa shape index (κ3) is 4.99. The second-order valence-corrected chi connectivity index (χ2v) is 6.36. The summed E-state index contributed by atoms with van der Waals surface area (Å²) in [7, 11) is 0. The number of nitrogens with zero attached hydrogens (tertiary/aromatic N) is 1. The van der Waals surface area contributed by atoms with Gasteiger partial charge >= 0.3 is 0 Å². The van der Waals surface area contributed by atoms with Crippen molar-refractivity contribution >= 4 is 23.3 Å². The number of amides is 1. The van der Waals surface area contributed by atoms with Crippen molar-refractivity contribution in [3.63, 3.8) is 0 Å². The summed E-state index contributed by atoms with van der Waals surface area (Å²) in [6, 6.07) is 9.63. The minimum atomic E-state index is -0.859. The second kappa shape index (κ2) is 8.38. The van der Waals surface area contributed by atoms with Crippen LogP contribution in [0.5, 0.6) is 0 Å². The van der Waals surface area contributed by atoms with Crippen molar-refractivity contribution in [1.82, 2.24) is 4.90 Å². The van der Waals surface area contributed by atoms with Crippen LogP contribution in [-0.2, 0) is 20.9 Å². The molecule has 1 aromatic rings. The van der Waals surface area contributed by atoms with Gasteiger partial charge in [0.25, 0.3) is 5.17 Å². The van der Waals surface area contributed by atoms with E-state index in [0.717, 1.165) is 5.56 Å². The molecule has 1 N–H and O–H groups in total. The number of rotatable bonds is 7. The Labute approximate surface area is 142 Å². The first-order chi connectivity index (χ1) is 11.0. The molecule has 126 valence electrons. The van der Waals surface area contributed by atoms with Crippen molar-refractivity contribution < 1.29 is 19.4 Å². The van der Waals surface area contributed by atoms with E-state index >= 15 is 0 Å². The quantitative estimate of drug-likeness (QED) is 0.773. The van der Waals surface area contributed by atoms with Crippen LogP contribution in [0.2, 0.25) is 0 Å². The third-order valence-electron chi connectivity index (χ3n) is 3.78. The van der Waals surface area contributed by atoms with Gasteiger partial charge in [0, 0.05) is 0 Å². The van der Waals surface area contributed by atoms with Crippen LogP contribution in [-0.4, -0.2) is 46.4 Å². The highest BCUT2D eigenvalue weighted by Gasteiger charge is 2.37. The van der Waals surface area contributed by atoms with Crippen LogP contribution in [0.15, 0.2) is 30.3 Å². The normalized spacial score (nSPS) is 19.0. The van der Waals surface area contributed by atoms with Gasteiger partial charge in [-0.2, -0.15) is 0 Å². The predicted molar refractivity (Wildman–Crippen MR) is 90.7 cm³/mol. The van der Waals surface area contributed by atoms with E-state index in [9.17, 15) is 9.90 Å². The zero-order valence-corrected chi connectivity index (χ0v) is 14.3. The van der Waals surface area contributed by atoms with E-state index in [1.165, 1.54) is 4.90 Å². The Balaban J connectivity index is 1.79. The summed E-state index contributed by atoms with van der Waals surface area (Å²) >= 11 is 5.09. The monoisotopic (exact) mass is 337 g/mol. The molecule has 1 fully saturated rings. The Morgan fingerprint density at radius 3 is 2.78 bits per heavy atom. The summed E-state index contributed by atoms with van der Waals surface area (Å²) < 4.78 is 10.8. The van der Waals surface area contributed by atoms with Crippen molar-refractivity contribution in [3.05, 3.63) is 35.9 Å². The lowest BCUT2D eigenvalue weighted by Gasteiger charge is -2.24. The van der Waals surface area contributed by atoms with E-state index in [-0.39, 0.29) is 36.1 Å². The van der Waals surface area contributed by atoms with Crippen molar-refractivity contribution in [2.75, 3.05) is 13.2 Å². The van der Waals surface area contributed by atoms with Gasteiger partial charge in [0.05, 0.1) is 31.8 Å². The molecule has 0 aromatic heterocycles. The molecule has 0 spiro atoms. The Morgan fingerprint density at radius 1 is 1.43 bits per heavy atom. The van der Waals surface area contributed by atoms with Gasteiger partial charge in [-0.15, -0.1) is 0 Å². The SMILES string of the molecule is CC(C)[C@H]1COC(=S)N1C(=O)C[C@@H](O)COCc1ccccc1. The number of aliphatic hydroxyl groups excluding tert-OH is 1. The van der Waals surface area contributed by atoms with Crippen molar-refractivity contribution in [3.8, 4) is 0 Å². The fourth-order valence-corrected chi connectivity index (χ4v) is 2.76. The Kier molecular flexibility index (Phi) is 6.50.